The molecule has 3 rings (SSSR count). The number of rotatable bonds is 3. The van der Waals surface area contributed by atoms with Gasteiger partial charge in [-0.3, -0.25) is 0 Å². The van der Waals surface area contributed by atoms with Gasteiger partial charge in [-0.15, -0.1) is 13.2 Å². The molecule has 2 aromatic rings. The molecule has 2 aromatic carbocycles. The number of alkyl halides is 3. The fraction of sp³-hybridized carbons (Fsp3) is 0.250. The lowest BCUT2D eigenvalue weighted by molar-refractivity contribution is -0.274. The van der Waals surface area contributed by atoms with Crippen LogP contribution in [0.15, 0.2) is 42.5 Å². The standard InChI is InChI=1S/C16H14F3NO2/c1-21-12-4-2-3-10(7-12)15-9-11-8-13(22-16(17,18)19)5-6-14(11)20-15/h2-8,15,20H,9H2,1H3. The van der Waals surface area contributed by atoms with Gasteiger partial charge >= 0.3 is 6.36 Å². The van der Waals surface area contributed by atoms with Crippen LogP contribution in [0.4, 0.5) is 18.9 Å². The van der Waals surface area contributed by atoms with Crippen LogP contribution in [0.1, 0.15) is 17.2 Å². The van der Waals surface area contributed by atoms with Crippen LogP contribution in [-0.4, -0.2) is 13.5 Å². The molecule has 1 heterocycles. The molecule has 0 amide bonds. The molecule has 0 fully saturated rings. The SMILES string of the molecule is COc1cccc(C2Cc3cc(OC(F)(F)F)ccc3N2)c1. The second-order valence-corrected chi connectivity index (χ2v) is 5.04. The second kappa shape index (κ2) is 5.44. The molecule has 116 valence electrons. The van der Waals surface area contributed by atoms with Crippen LogP contribution >= 0.6 is 0 Å². The van der Waals surface area contributed by atoms with Gasteiger partial charge in [0.05, 0.1) is 13.2 Å². The van der Waals surface area contributed by atoms with Crippen molar-refractivity contribution in [1.82, 2.24) is 0 Å². The van der Waals surface area contributed by atoms with Gasteiger partial charge in [-0.2, -0.15) is 0 Å². The van der Waals surface area contributed by atoms with Gasteiger partial charge in [0.15, 0.2) is 0 Å². The maximum absolute atomic E-state index is 12.3. The van der Waals surface area contributed by atoms with Gasteiger partial charge in [0, 0.05) is 5.69 Å². The van der Waals surface area contributed by atoms with Crippen molar-refractivity contribution in [2.45, 2.75) is 18.8 Å². The third-order valence-corrected chi connectivity index (χ3v) is 3.56. The maximum Gasteiger partial charge on any atom is 0.573 e. The van der Waals surface area contributed by atoms with Gasteiger partial charge < -0.3 is 14.8 Å². The first kappa shape index (κ1) is 14.6. The van der Waals surface area contributed by atoms with E-state index in [2.05, 4.69) is 10.1 Å². The zero-order chi connectivity index (χ0) is 15.7. The van der Waals surface area contributed by atoms with Crippen molar-refractivity contribution in [3.8, 4) is 11.5 Å². The van der Waals surface area contributed by atoms with Crippen molar-refractivity contribution >= 4 is 5.69 Å². The van der Waals surface area contributed by atoms with Gasteiger partial charge in [-0.25, -0.2) is 0 Å². The number of hydrogen-bond acceptors (Lipinski definition) is 3. The van der Waals surface area contributed by atoms with Gasteiger partial charge in [0.1, 0.15) is 11.5 Å². The molecule has 0 spiro atoms. The summed E-state index contributed by atoms with van der Waals surface area (Å²) in [6.45, 7) is 0. The minimum atomic E-state index is -4.67. The highest BCUT2D eigenvalue weighted by Gasteiger charge is 2.32. The van der Waals surface area contributed by atoms with E-state index in [1.165, 1.54) is 12.1 Å². The van der Waals surface area contributed by atoms with E-state index in [0.29, 0.717) is 6.42 Å². The van der Waals surface area contributed by atoms with Crippen molar-refractivity contribution in [2.24, 2.45) is 0 Å². The molecule has 22 heavy (non-hydrogen) atoms. The zero-order valence-electron chi connectivity index (χ0n) is 11.8. The topological polar surface area (TPSA) is 30.5 Å². The zero-order valence-corrected chi connectivity index (χ0v) is 11.8. The lowest BCUT2D eigenvalue weighted by atomic mass is 10.0. The molecule has 3 nitrogen and oxygen atoms in total. The Hall–Kier alpha value is -2.37. The monoisotopic (exact) mass is 309 g/mol. The van der Waals surface area contributed by atoms with Crippen LogP contribution in [0.3, 0.4) is 0 Å². The van der Waals surface area contributed by atoms with E-state index < -0.39 is 6.36 Å². The highest BCUT2D eigenvalue weighted by atomic mass is 19.4. The minimum absolute atomic E-state index is 0.00577. The highest BCUT2D eigenvalue weighted by Crippen LogP contribution is 2.37. The molecular formula is C16H14F3NO2. The molecule has 0 bridgehead atoms. The third-order valence-electron chi connectivity index (χ3n) is 3.56. The smallest absolute Gasteiger partial charge is 0.497 e. The summed E-state index contributed by atoms with van der Waals surface area (Å²) in [7, 11) is 1.59. The van der Waals surface area contributed by atoms with Crippen LogP contribution in [0.25, 0.3) is 0 Å². The molecule has 1 unspecified atom stereocenters. The largest absolute Gasteiger partial charge is 0.573 e. The number of benzene rings is 2. The van der Waals surface area contributed by atoms with Crippen molar-refractivity contribution < 1.29 is 22.6 Å². The summed E-state index contributed by atoms with van der Waals surface area (Å²) in [5.74, 6) is 0.552. The Morgan fingerprint density at radius 1 is 1.09 bits per heavy atom. The Bertz CT molecular complexity index is 685. The fourth-order valence-corrected chi connectivity index (χ4v) is 2.60. The van der Waals surface area contributed by atoms with Gasteiger partial charge in [0.25, 0.3) is 0 Å². The van der Waals surface area contributed by atoms with Gasteiger partial charge in [0.2, 0.25) is 0 Å². The number of hydrogen-bond donors (Lipinski definition) is 1. The number of anilines is 1. The number of fused-ring (bicyclic) bond motifs is 1. The summed E-state index contributed by atoms with van der Waals surface area (Å²) in [5, 5.41) is 3.30. The van der Waals surface area contributed by atoms with Crippen LogP contribution in [-0.2, 0) is 6.42 Å². The number of ether oxygens (including phenoxy) is 2. The molecule has 1 aliphatic heterocycles. The molecule has 0 saturated heterocycles. The van der Waals surface area contributed by atoms with E-state index in [9.17, 15) is 13.2 Å². The minimum Gasteiger partial charge on any atom is -0.497 e. The van der Waals surface area contributed by atoms with Crippen molar-refractivity contribution in [1.29, 1.82) is 0 Å². The van der Waals surface area contributed by atoms with Crippen molar-refractivity contribution in [3.63, 3.8) is 0 Å². The molecule has 0 radical (unpaired) electrons. The maximum atomic E-state index is 12.3. The van der Waals surface area contributed by atoms with E-state index in [0.717, 1.165) is 22.6 Å². The van der Waals surface area contributed by atoms with Crippen molar-refractivity contribution in [3.05, 3.63) is 53.6 Å². The van der Waals surface area contributed by atoms with E-state index in [1.807, 2.05) is 24.3 Å². The summed E-state index contributed by atoms with van der Waals surface area (Å²) in [6.07, 6.45) is -4.08. The Balaban J connectivity index is 1.80. The summed E-state index contributed by atoms with van der Waals surface area (Å²) >= 11 is 0. The lowest BCUT2D eigenvalue weighted by Crippen LogP contribution is -2.17. The van der Waals surface area contributed by atoms with Crippen molar-refractivity contribution in [2.75, 3.05) is 12.4 Å². The first-order valence-corrected chi connectivity index (χ1v) is 6.74. The fourth-order valence-electron chi connectivity index (χ4n) is 2.60. The van der Waals surface area contributed by atoms with Gasteiger partial charge in [-0.1, -0.05) is 12.1 Å². The third kappa shape index (κ3) is 3.10. The molecule has 1 atom stereocenters. The molecule has 6 heteroatoms. The van der Waals surface area contributed by atoms with Crippen LogP contribution in [0.2, 0.25) is 0 Å². The summed E-state index contributed by atoms with van der Waals surface area (Å²) in [5.41, 5.74) is 2.64. The average Bonchev–Trinajstić information content (AvgIpc) is 2.89. The Morgan fingerprint density at radius 3 is 2.64 bits per heavy atom. The number of methoxy groups -OCH3 is 1. The summed E-state index contributed by atoms with van der Waals surface area (Å²) in [6, 6.07) is 12.0. The van der Waals surface area contributed by atoms with E-state index in [-0.39, 0.29) is 11.8 Å². The first-order chi connectivity index (χ1) is 10.4. The number of nitrogens with one attached hydrogen (secondary N) is 1. The quantitative estimate of drug-likeness (QED) is 0.917. The highest BCUT2D eigenvalue weighted by molar-refractivity contribution is 5.60. The first-order valence-electron chi connectivity index (χ1n) is 6.74. The molecule has 0 aromatic heterocycles. The molecule has 1 aliphatic rings. The molecular weight excluding hydrogens is 295 g/mol. The molecule has 0 saturated carbocycles. The Labute approximate surface area is 125 Å². The lowest BCUT2D eigenvalue weighted by Gasteiger charge is -2.12. The predicted octanol–water partition coefficient (Wildman–Crippen LogP) is 4.30. The average molecular weight is 309 g/mol. The Kier molecular flexibility index (Phi) is 3.60. The number of halogens is 3. The molecule has 0 aliphatic carbocycles. The Morgan fingerprint density at radius 2 is 1.91 bits per heavy atom. The molecule has 1 N–H and O–H groups in total. The van der Waals surface area contributed by atoms with Crippen LogP contribution in [0.5, 0.6) is 11.5 Å². The van der Waals surface area contributed by atoms with Gasteiger partial charge in [-0.05, 0) is 47.9 Å². The second-order valence-electron chi connectivity index (χ2n) is 5.04. The summed E-state index contributed by atoms with van der Waals surface area (Å²) in [4.78, 5) is 0. The predicted molar refractivity (Wildman–Crippen MR) is 76.2 cm³/mol. The normalized spacial score (nSPS) is 16.8. The van der Waals surface area contributed by atoms with E-state index in [1.54, 1.807) is 13.2 Å². The summed E-state index contributed by atoms with van der Waals surface area (Å²) < 4.78 is 45.9. The van der Waals surface area contributed by atoms with Crippen LogP contribution < -0.4 is 14.8 Å². The van der Waals surface area contributed by atoms with E-state index in [4.69, 9.17) is 4.74 Å². The van der Waals surface area contributed by atoms with E-state index >= 15 is 0 Å². The van der Waals surface area contributed by atoms with Crippen LogP contribution in [0, 0.1) is 0 Å².